The average molecular weight is 258 g/mol. The van der Waals surface area contributed by atoms with E-state index in [1.54, 1.807) is 0 Å². The number of hydrogen-bond acceptors (Lipinski definition) is 3. The fourth-order valence-electron chi connectivity index (χ4n) is 3.63. The molecular formula is C16H22N2O. The molecule has 2 aliphatic carbocycles. The van der Waals surface area contributed by atoms with Crippen molar-refractivity contribution in [2.24, 2.45) is 5.16 Å². The zero-order valence-electron chi connectivity index (χ0n) is 11.5. The van der Waals surface area contributed by atoms with Crippen molar-refractivity contribution in [3.63, 3.8) is 0 Å². The monoisotopic (exact) mass is 258 g/mol. The SMILES string of the molecule is CC1(NC2CCCCC2)C(=NO)Cc2ccccc21. The van der Waals surface area contributed by atoms with E-state index in [0.717, 1.165) is 12.1 Å². The minimum Gasteiger partial charge on any atom is -0.411 e. The fraction of sp³-hybridized carbons (Fsp3) is 0.562. The van der Waals surface area contributed by atoms with Crippen LogP contribution in [0.25, 0.3) is 0 Å². The van der Waals surface area contributed by atoms with Crippen molar-refractivity contribution in [2.45, 2.75) is 57.0 Å². The Morgan fingerprint density at radius 2 is 1.95 bits per heavy atom. The standard InChI is InChI=1S/C16H22N2O/c1-16(17-13-8-3-2-4-9-13)14-10-6-5-7-12(14)11-15(16)18-19/h5-7,10,13,17,19H,2-4,8-9,11H2,1H3. The Morgan fingerprint density at radius 1 is 1.21 bits per heavy atom. The fourth-order valence-corrected chi connectivity index (χ4v) is 3.63. The topological polar surface area (TPSA) is 44.6 Å². The molecule has 1 aromatic carbocycles. The number of benzene rings is 1. The first kappa shape index (κ1) is 12.7. The lowest BCUT2D eigenvalue weighted by Crippen LogP contribution is -2.50. The Morgan fingerprint density at radius 3 is 2.68 bits per heavy atom. The summed E-state index contributed by atoms with van der Waals surface area (Å²) in [5, 5.41) is 16.7. The van der Waals surface area contributed by atoms with Crippen LogP contribution in [0, 0.1) is 0 Å². The molecule has 0 heterocycles. The van der Waals surface area contributed by atoms with E-state index >= 15 is 0 Å². The maximum Gasteiger partial charge on any atom is 0.0857 e. The highest BCUT2D eigenvalue weighted by molar-refractivity contribution is 5.99. The second kappa shape index (κ2) is 4.97. The number of hydrogen-bond donors (Lipinski definition) is 2. The van der Waals surface area contributed by atoms with Crippen LogP contribution >= 0.6 is 0 Å². The van der Waals surface area contributed by atoms with Crippen molar-refractivity contribution in [3.8, 4) is 0 Å². The first-order valence-electron chi connectivity index (χ1n) is 7.31. The number of nitrogens with zero attached hydrogens (tertiary/aromatic N) is 1. The molecule has 3 heteroatoms. The number of rotatable bonds is 2. The van der Waals surface area contributed by atoms with Crippen LogP contribution in [0.15, 0.2) is 29.4 Å². The van der Waals surface area contributed by atoms with E-state index < -0.39 is 0 Å². The minimum absolute atomic E-state index is 0.298. The minimum atomic E-state index is -0.298. The molecule has 0 saturated heterocycles. The van der Waals surface area contributed by atoms with Crippen LogP contribution < -0.4 is 5.32 Å². The molecule has 1 aromatic rings. The van der Waals surface area contributed by atoms with Crippen LogP contribution in [0.4, 0.5) is 0 Å². The van der Waals surface area contributed by atoms with Crippen molar-refractivity contribution < 1.29 is 5.21 Å². The van der Waals surface area contributed by atoms with Crippen LogP contribution in [0.2, 0.25) is 0 Å². The molecule has 0 aromatic heterocycles. The summed E-state index contributed by atoms with van der Waals surface area (Å²) in [7, 11) is 0. The zero-order valence-corrected chi connectivity index (χ0v) is 11.5. The highest BCUT2D eigenvalue weighted by Gasteiger charge is 2.41. The van der Waals surface area contributed by atoms with Crippen LogP contribution in [0.5, 0.6) is 0 Å². The summed E-state index contributed by atoms with van der Waals surface area (Å²) in [6.07, 6.45) is 7.18. The molecule has 102 valence electrons. The van der Waals surface area contributed by atoms with Crippen molar-refractivity contribution in [2.75, 3.05) is 0 Å². The zero-order chi connectivity index (χ0) is 13.3. The molecule has 2 aliphatic rings. The van der Waals surface area contributed by atoms with Gasteiger partial charge < -0.3 is 10.5 Å². The Balaban J connectivity index is 1.91. The molecule has 3 nitrogen and oxygen atoms in total. The molecule has 0 bridgehead atoms. The van der Waals surface area contributed by atoms with Gasteiger partial charge in [-0.3, -0.25) is 0 Å². The quantitative estimate of drug-likeness (QED) is 0.632. The van der Waals surface area contributed by atoms with Gasteiger partial charge in [-0.05, 0) is 30.9 Å². The summed E-state index contributed by atoms with van der Waals surface area (Å²) in [5.74, 6) is 0. The molecule has 19 heavy (non-hydrogen) atoms. The van der Waals surface area contributed by atoms with Gasteiger partial charge in [0.2, 0.25) is 0 Å². The molecule has 0 amide bonds. The molecule has 0 aliphatic heterocycles. The van der Waals surface area contributed by atoms with Crippen LogP contribution in [0.3, 0.4) is 0 Å². The Bertz CT molecular complexity index is 491. The van der Waals surface area contributed by atoms with Crippen molar-refractivity contribution >= 4 is 5.71 Å². The summed E-state index contributed by atoms with van der Waals surface area (Å²) in [4.78, 5) is 0. The molecule has 1 unspecified atom stereocenters. The Hall–Kier alpha value is -1.35. The highest BCUT2D eigenvalue weighted by Crippen LogP contribution is 2.36. The third-order valence-corrected chi connectivity index (χ3v) is 4.71. The van der Waals surface area contributed by atoms with Gasteiger partial charge >= 0.3 is 0 Å². The summed E-state index contributed by atoms with van der Waals surface area (Å²) < 4.78 is 0. The molecule has 0 spiro atoms. The molecule has 0 radical (unpaired) electrons. The number of fused-ring (bicyclic) bond motifs is 1. The molecule has 1 atom stereocenters. The van der Waals surface area contributed by atoms with E-state index in [1.807, 2.05) is 0 Å². The first-order chi connectivity index (χ1) is 9.24. The van der Waals surface area contributed by atoms with E-state index in [0.29, 0.717) is 6.04 Å². The predicted octanol–water partition coefficient (Wildman–Crippen LogP) is 3.21. The van der Waals surface area contributed by atoms with E-state index in [9.17, 15) is 5.21 Å². The normalized spacial score (nSPS) is 29.6. The van der Waals surface area contributed by atoms with Crippen LogP contribution in [0.1, 0.15) is 50.2 Å². The molecule has 3 rings (SSSR count). The van der Waals surface area contributed by atoms with Crippen LogP contribution in [-0.2, 0) is 12.0 Å². The number of oxime groups is 1. The third-order valence-electron chi connectivity index (χ3n) is 4.71. The smallest absolute Gasteiger partial charge is 0.0857 e. The van der Waals surface area contributed by atoms with Gasteiger partial charge in [0.25, 0.3) is 0 Å². The summed E-state index contributed by atoms with van der Waals surface area (Å²) >= 11 is 0. The molecule has 1 saturated carbocycles. The maximum absolute atomic E-state index is 9.35. The summed E-state index contributed by atoms with van der Waals surface area (Å²) in [6.45, 7) is 2.16. The van der Waals surface area contributed by atoms with Gasteiger partial charge in [-0.1, -0.05) is 48.7 Å². The molecular weight excluding hydrogens is 236 g/mol. The predicted molar refractivity (Wildman–Crippen MR) is 76.7 cm³/mol. The van der Waals surface area contributed by atoms with Gasteiger partial charge in [0.1, 0.15) is 0 Å². The Kier molecular flexibility index (Phi) is 3.31. The van der Waals surface area contributed by atoms with Crippen molar-refractivity contribution in [3.05, 3.63) is 35.4 Å². The first-order valence-corrected chi connectivity index (χ1v) is 7.31. The Labute approximate surface area is 114 Å². The number of nitrogens with one attached hydrogen (secondary N) is 1. The molecule has 1 fully saturated rings. The van der Waals surface area contributed by atoms with E-state index in [-0.39, 0.29) is 5.54 Å². The van der Waals surface area contributed by atoms with Gasteiger partial charge in [-0.25, -0.2) is 0 Å². The third kappa shape index (κ3) is 2.16. The maximum atomic E-state index is 9.35. The van der Waals surface area contributed by atoms with E-state index in [1.165, 1.54) is 43.2 Å². The summed E-state index contributed by atoms with van der Waals surface area (Å²) in [5.41, 5.74) is 3.10. The van der Waals surface area contributed by atoms with E-state index in [2.05, 4.69) is 41.7 Å². The van der Waals surface area contributed by atoms with E-state index in [4.69, 9.17) is 0 Å². The summed E-state index contributed by atoms with van der Waals surface area (Å²) in [6, 6.07) is 8.96. The van der Waals surface area contributed by atoms with Gasteiger partial charge in [0, 0.05) is 12.5 Å². The van der Waals surface area contributed by atoms with Crippen LogP contribution in [-0.4, -0.2) is 17.0 Å². The highest BCUT2D eigenvalue weighted by atomic mass is 16.4. The lowest BCUT2D eigenvalue weighted by Gasteiger charge is -2.34. The lowest BCUT2D eigenvalue weighted by molar-refractivity contribution is 0.292. The van der Waals surface area contributed by atoms with Gasteiger partial charge in [-0.15, -0.1) is 0 Å². The van der Waals surface area contributed by atoms with Gasteiger partial charge in [-0.2, -0.15) is 0 Å². The van der Waals surface area contributed by atoms with Gasteiger partial charge in [0.05, 0.1) is 11.3 Å². The lowest BCUT2D eigenvalue weighted by atomic mass is 9.88. The van der Waals surface area contributed by atoms with Crippen molar-refractivity contribution in [1.29, 1.82) is 0 Å². The van der Waals surface area contributed by atoms with Crippen molar-refractivity contribution in [1.82, 2.24) is 5.32 Å². The van der Waals surface area contributed by atoms with Gasteiger partial charge in [0.15, 0.2) is 0 Å². The average Bonchev–Trinajstić information content (AvgIpc) is 2.73. The second-order valence-corrected chi connectivity index (χ2v) is 5.98. The molecule has 2 N–H and O–H groups in total. The largest absolute Gasteiger partial charge is 0.411 e. The second-order valence-electron chi connectivity index (χ2n) is 5.98.